The molecule has 2 heterocycles. The third kappa shape index (κ3) is 4.68. The first kappa shape index (κ1) is 20.9. The monoisotopic (exact) mass is 427 g/mol. The summed E-state index contributed by atoms with van der Waals surface area (Å²) in [6, 6.07) is 14.6. The predicted molar refractivity (Wildman–Crippen MR) is 119 cm³/mol. The van der Waals surface area contributed by atoms with Crippen LogP contribution in [0.4, 0.5) is 11.4 Å². The van der Waals surface area contributed by atoms with E-state index in [-0.39, 0.29) is 17.3 Å². The Kier molecular flexibility index (Phi) is 6.11. The fraction of sp³-hybridized carbons (Fsp3) is 0.435. The zero-order valence-corrected chi connectivity index (χ0v) is 18.2. The zero-order valence-electron chi connectivity index (χ0n) is 17.4. The number of nitrogens with zero attached hydrogens (tertiary/aromatic N) is 2. The molecule has 2 saturated heterocycles. The summed E-state index contributed by atoms with van der Waals surface area (Å²) < 4.78 is 28.0. The number of hydrogen-bond donors (Lipinski definition) is 1. The van der Waals surface area contributed by atoms with Gasteiger partial charge in [-0.1, -0.05) is 19.1 Å². The van der Waals surface area contributed by atoms with Crippen molar-refractivity contribution in [2.24, 2.45) is 5.92 Å². The molecular weight excluding hydrogens is 398 g/mol. The molecule has 0 radical (unpaired) electrons. The lowest BCUT2D eigenvalue weighted by atomic mass is 9.99. The van der Waals surface area contributed by atoms with Gasteiger partial charge in [0.1, 0.15) is 0 Å². The van der Waals surface area contributed by atoms with E-state index in [4.69, 9.17) is 0 Å². The van der Waals surface area contributed by atoms with E-state index in [0.29, 0.717) is 18.9 Å². The zero-order chi connectivity index (χ0) is 21.1. The van der Waals surface area contributed by atoms with Crippen molar-refractivity contribution in [1.82, 2.24) is 4.72 Å². The van der Waals surface area contributed by atoms with Crippen LogP contribution < -0.4 is 14.5 Å². The van der Waals surface area contributed by atoms with E-state index in [1.165, 1.54) is 18.5 Å². The topological polar surface area (TPSA) is 69.7 Å². The maximum Gasteiger partial charge on any atom is 0.240 e. The second kappa shape index (κ2) is 8.78. The second-order valence-corrected chi connectivity index (χ2v) is 10.1. The van der Waals surface area contributed by atoms with E-state index >= 15 is 0 Å². The second-order valence-electron chi connectivity index (χ2n) is 8.33. The van der Waals surface area contributed by atoms with Crippen LogP contribution in [0.5, 0.6) is 0 Å². The molecule has 2 fully saturated rings. The van der Waals surface area contributed by atoms with Gasteiger partial charge in [0.2, 0.25) is 15.9 Å². The van der Waals surface area contributed by atoms with E-state index in [1.807, 2.05) is 12.1 Å². The van der Waals surface area contributed by atoms with Crippen molar-refractivity contribution in [3.05, 3.63) is 54.1 Å². The molecule has 2 aromatic carbocycles. The number of amides is 1. The first-order valence-electron chi connectivity index (χ1n) is 10.7. The minimum atomic E-state index is -3.61. The molecule has 4 rings (SSSR count). The van der Waals surface area contributed by atoms with Gasteiger partial charge in [-0.25, -0.2) is 13.1 Å². The van der Waals surface area contributed by atoms with Crippen LogP contribution in [0.2, 0.25) is 0 Å². The molecule has 1 N–H and O–H groups in total. The van der Waals surface area contributed by atoms with Crippen molar-refractivity contribution in [3.63, 3.8) is 0 Å². The Labute approximate surface area is 178 Å². The normalized spacial score (nSPS) is 20.0. The molecule has 0 unspecified atom stereocenters. The minimum Gasteiger partial charge on any atom is -0.371 e. The third-order valence-corrected chi connectivity index (χ3v) is 7.37. The lowest BCUT2D eigenvalue weighted by Crippen LogP contribution is -2.34. The molecule has 0 spiro atoms. The summed E-state index contributed by atoms with van der Waals surface area (Å²) in [5.74, 6) is 0.798. The van der Waals surface area contributed by atoms with Gasteiger partial charge in [-0.2, -0.15) is 0 Å². The molecule has 160 valence electrons. The fourth-order valence-corrected chi connectivity index (χ4v) is 5.25. The van der Waals surface area contributed by atoms with Gasteiger partial charge >= 0.3 is 0 Å². The van der Waals surface area contributed by atoms with Crippen LogP contribution in [0.3, 0.4) is 0 Å². The largest absolute Gasteiger partial charge is 0.371 e. The Morgan fingerprint density at radius 1 is 0.967 bits per heavy atom. The van der Waals surface area contributed by atoms with Gasteiger partial charge in [-0.05, 0) is 67.1 Å². The van der Waals surface area contributed by atoms with Crippen LogP contribution in [0.1, 0.15) is 38.2 Å². The molecule has 0 bridgehead atoms. The van der Waals surface area contributed by atoms with Gasteiger partial charge in [0, 0.05) is 44.0 Å². The summed E-state index contributed by atoms with van der Waals surface area (Å²) in [6.07, 6.45) is 3.90. The number of carbonyl (C=O) groups is 1. The van der Waals surface area contributed by atoms with Gasteiger partial charge in [0.25, 0.3) is 0 Å². The summed E-state index contributed by atoms with van der Waals surface area (Å²) in [5, 5.41) is 0. The van der Waals surface area contributed by atoms with Crippen LogP contribution >= 0.6 is 0 Å². The number of benzene rings is 2. The van der Waals surface area contributed by atoms with E-state index in [2.05, 4.69) is 28.7 Å². The van der Waals surface area contributed by atoms with Crippen LogP contribution in [-0.2, 0) is 21.4 Å². The molecule has 2 aliphatic heterocycles. The van der Waals surface area contributed by atoms with Gasteiger partial charge < -0.3 is 9.80 Å². The van der Waals surface area contributed by atoms with E-state index in [9.17, 15) is 13.2 Å². The molecule has 2 aliphatic rings. The van der Waals surface area contributed by atoms with Gasteiger partial charge in [-0.15, -0.1) is 0 Å². The number of carbonyl (C=O) groups excluding carboxylic acids is 1. The van der Waals surface area contributed by atoms with Crippen molar-refractivity contribution in [3.8, 4) is 0 Å². The summed E-state index contributed by atoms with van der Waals surface area (Å²) in [6.45, 7) is 5.37. The van der Waals surface area contributed by atoms with Crippen molar-refractivity contribution >= 4 is 27.3 Å². The van der Waals surface area contributed by atoms with Crippen LogP contribution in [0.15, 0.2) is 53.4 Å². The maximum atomic E-state index is 12.7. The Bertz CT molecular complexity index is 987. The number of hydrogen-bond acceptors (Lipinski definition) is 4. The van der Waals surface area contributed by atoms with Gasteiger partial charge in [0.15, 0.2) is 0 Å². The highest BCUT2D eigenvalue weighted by molar-refractivity contribution is 7.89. The van der Waals surface area contributed by atoms with Crippen molar-refractivity contribution in [2.75, 3.05) is 29.4 Å². The van der Waals surface area contributed by atoms with Crippen LogP contribution in [0.25, 0.3) is 0 Å². The number of piperidine rings is 1. The Morgan fingerprint density at radius 2 is 1.67 bits per heavy atom. The first-order chi connectivity index (χ1) is 14.4. The molecular formula is C23H29N3O3S. The number of nitrogens with one attached hydrogen (secondary N) is 1. The molecule has 1 amide bonds. The molecule has 1 atom stereocenters. The predicted octanol–water partition coefficient (Wildman–Crippen LogP) is 3.53. The Morgan fingerprint density at radius 3 is 2.30 bits per heavy atom. The van der Waals surface area contributed by atoms with Crippen LogP contribution in [0, 0.1) is 5.92 Å². The summed E-state index contributed by atoms with van der Waals surface area (Å²) >= 11 is 0. The van der Waals surface area contributed by atoms with E-state index < -0.39 is 10.0 Å². The third-order valence-electron chi connectivity index (χ3n) is 5.96. The van der Waals surface area contributed by atoms with Gasteiger partial charge in [-0.3, -0.25) is 4.79 Å². The molecule has 0 aromatic heterocycles. The van der Waals surface area contributed by atoms with Crippen LogP contribution in [-0.4, -0.2) is 34.0 Å². The average Bonchev–Trinajstić information content (AvgIpc) is 3.19. The summed E-state index contributed by atoms with van der Waals surface area (Å²) in [5.41, 5.74) is 2.87. The molecule has 2 aromatic rings. The average molecular weight is 428 g/mol. The Hall–Kier alpha value is -2.38. The Balaban J connectivity index is 1.37. The first-order valence-corrected chi connectivity index (χ1v) is 12.1. The minimum absolute atomic E-state index is 0.0891. The molecule has 7 heteroatoms. The summed E-state index contributed by atoms with van der Waals surface area (Å²) in [7, 11) is -3.61. The van der Waals surface area contributed by atoms with Crippen molar-refractivity contribution in [2.45, 2.75) is 44.0 Å². The number of rotatable bonds is 6. The molecule has 0 aliphatic carbocycles. The molecule has 0 saturated carbocycles. The number of sulfonamides is 1. The lowest BCUT2D eigenvalue weighted by molar-refractivity contribution is -0.117. The summed E-state index contributed by atoms with van der Waals surface area (Å²) in [4.78, 5) is 16.2. The van der Waals surface area contributed by atoms with Crippen molar-refractivity contribution in [1.29, 1.82) is 0 Å². The molecule has 6 nitrogen and oxygen atoms in total. The highest BCUT2D eigenvalue weighted by Gasteiger charge is 2.22. The smallest absolute Gasteiger partial charge is 0.240 e. The SMILES string of the molecule is C[C@H]1CCCN(c2ccc(CNS(=O)(=O)c3ccc(N4CCCC4=O)cc3)cc2)C1. The van der Waals surface area contributed by atoms with E-state index in [1.54, 1.807) is 29.2 Å². The lowest BCUT2D eigenvalue weighted by Gasteiger charge is -2.32. The maximum absolute atomic E-state index is 12.7. The van der Waals surface area contributed by atoms with Crippen molar-refractivity contribution < 1.29 is 13.2 Å². The number of anilines is 2. The van der Waals surface area contributed by atoms with E-state index in [0.717, 1.165) is 30.8 Å². The highest BCUT2D eigenvalue weighted by Crippen LogP contribution is 2.24. The fourth-order valence-electron chi connectivity index (χ4n) is 4.24. The quantitative estimate of drug-likeness (QED) is 0.766. The van der Waals surface area contributed by atoms with Gasteiger partial charge in [0.05, 0.1) is 4.90 Å². The standard InChI is InChI=1S/C23H29N3O3S/c1-18-4-2-14-25(17-18)20-8-6-19(7-9-20)16-24-30(28,29)22-12-10-21(11-13-22)26-15-3-5-23(26)27/h6-13,18,24H,2-5,14-17H2,1H3/t18-/m0/s1. The molecule has 30 heavy (non-hydrogen) atoms. The highest BCUT2D eigenvalue weighted by atomic mass is 32.2.